The number of benzene rings is 1. The van der Waals surface area contributed by atoms with Crippen LogP contribution in [0.15, 0.2) is 18.2 Å². The van der Waals surface area contributed by atoms with Crippen molar-refractivity contribution in [2.45, 2.75) is 6.42 Å². The topological polar surface area (TPSA) is 61.9 Å². The molecule has 0 aromatic heterocycles. The van der Waals surface area contributed by atoms with Gasteiger partial charge in [0.2, 0.25) is 11.8 Å². The van der Waals surface area contributed by atoms with Crippen LogP contribution in [0.3, 0.4) is 0 Å². The van der Waals surface area contributed by atoms with Crippen LogP contribution in [0.4, 0.5) is 14.5 Å². The van der Waals surface area contributed by atoms with Crippen molar-refractivity contribution in [2.75, 3.05) is 50.8 Å². The quantitative estimate of drug-likeness (QED) is 0.795. The van der Waals surface area contributed by atoms with E-state index in [4.69, 9.17) is 4.74 Å². The van der Waals surface area contributed by atoms with Crippen molar-refractivity contribution in [1.82, 2.24) is 10.2 Å². The maximum absolute atomic E-state index is 13.9. The van der Waals surface area contributed by atoms with E-state index >= 15 is 0 Å². The van der Waals surface area contributed by atoms with Gasteiger partial charge in [-0.25, -0.2) is 8.78 Å². The number of hydrogen-bond donors (Lipinski definition) is 1. The van der Waals surface area contributed by atoms with Gasteiger partial charge in [0.1, 0.15) is 17.6 Å². The van der Waals surface area contributed by atoms with Crippen LogP contribution in [0.5, 0.6) is 0 Å². The fourth-order valence-corrected chi connectivity index (χ4v) is 3.15. The van der Waals surface area contributed by atoms with Crippen LogP contribution >= 0.6 is 0 Å². The number of rotatable bonds is 5. The summed E-state index contributed by atoms with van der Waals surface area (Å²) in [5, 5.41) is 2.78. The van der Waals surface area contributed by atoms with Gasteiger partial charge in [0.05, 0.1) is 18.9 Å². The number of amides is 2. The summed E-state index contributed by atoms with van der Waals surface area (Å²) < 4.78 is 32.1. The van der Waals surface area contributed by atoms with Gasteiger partial charge in [0.15, 0.2) is 0 Å². The third-order valence-corrected chi connectivity index (χ3v) is 4.55. The zero-order valence-electron chi connectivity index (χ0n) is 13.8. The van der Waals surface area contributed by atoms with Crippen LogP contribution in [-0.4, -0.2) is 62.7 Å². The Morgan fingerprint density at radius 2 is 2.00 bits per heavy atom. The molecular weight excluding hydrogens is 332 g/mol. The van der Waals surface area contributed by atoms with Crippen LogP contribution in [0.25, 0.3) is 0 Å². The number of hydrogen-bond acceptors (Lipinski definition) is 4. The molecule has 25 heavy (non-hydrogen) atoms. The summed E-state index contributed by atoms with van der Waals surface area (Å²) >= 11 is 0. The van der Waals surface area contributed by atoms with E-state index < -0.39 is 23.5 Å². The lowest BCUT2D eigenvalue weighted by atomic mass is 10.1. The zero-order chi connectivity index (χ0) is 17.8. The van der Waals surface area contributed by atoms with Crippen LogP contribution in [0, 0.1) is 17.6 Å². The Bertz CT molecular complexity index is 650. The highest BCUT2D eigenvalue weighted by Gasteiger charge is 2.38. The molecule has 8 heteroatoms. The van der Waals surface area contributed by atoms with Crippen LogP contribution in [-0.2, 0) is 14.3 Å². The summed E-state index contributed by atoms with van der Waals surface area (Å²) in [5.74, 6) is -3.13. The molecule has 0 aliphatic carbocycles. The third kappa shape index (κ3) is 4.13. The highest BCUT2D eigenvalue weighted by Crippen LogP contribution is 2.28. The molecule has 2 aliphatic heterocycles. The Balaban J connectivity index is 1.53. The molecule has 2 fully saturated rings. The molecule has 1 atom stereocenters. The number of ether oxygens (including phenoxy) is 1. The third-order valence-electron chi connectivity index (χ3n) is 4.55. The van der Waals surface area contributed by atoms with Gasteiger partial charge in [-0.1, -0.05) is 0 Å². The molecule has 1 aromatic rings. The maximum atomic E-state index is 13.9. The van der Waals surface area contributed by atoms with Crippen molar-refractivity contribution < 1.29 is 23.1 Å². The van der Waals surface area contributed by atoms with Gasteiger partial charge in [0.25, 0.3) is 0 Å². The zero-order valence-corrected chi connectivity index (χ0v) is 13.8. The predicted octanol–water partition coefficient (Wildman–Crippen LogP) is 0.766. The Morgan fingerprint density at radius 1 is 1.24 bits per heavy atom. The van der Waals surface area contributed by atoms with E-state index in [2.05, 4.69) is 10.2 Å². The average Bonchev–Trinajstić information content (AvgIpc) is 2.97. The Kier molecular flexibility index (Phi) is 5.60. The highest BCUT2D eigenvalue weighted by atomic mass is 19.1. The molecule has 6 nitrogen and oxygen atoms in total. The van der Waals surface area contributed by atoms with Gasteiger partial charge < -0.3 is 15.0 Å². The normalized spacial score (nSPS) is 21.6. The van der Waals surface area contributed by atoms with Crippen molar-refractivity contribution in [1.29, 1.82) is 0 Å². The second kappa shape index (κ2) is 7.88. The molecule has 136 valence electrons. The average molecular weight is 353 g/mol. The Labute approximate surface area is 144 Å². The predicted molar refractivity (Wildman–Crippen MR) is 87.1 cm³/mol. The first kappa shape index (κ1) is 17.8. The van der Waals surface area contributed by atoms with Gasteiger partial charge in [0, 0.05) is 38.8 Å². The molecule has 1 N–H and O–H groups in total. The van der Waals surface area contributed by atoms with E-state index in [1.54, 1.807) is 0 Å². The largest absolute Gasteiger partial charge is 0.379 e. The lowest BCUT2D eigenvalue weighted by Gasteiger charge is -2.26. The van der Waals surface area contributed by atoms with Gasteiger partial charge in [-0.15, -0.1) is 0 Å². The van der Waals surface area contributed by atoms with E-state index in [0.29, 0.717) is 32.7 Å². The van der Waals surface area contributed by atoms with E-state index in [1.807, 2.05) is 0 Å². The number of anilines is 1. The summed E-state index contributed by atoms with van der Waals surface area (Å²) in [6, 6.07) is 3.06. The summed E-state index contributed by atoms with van der Waals surface area (Å²) in [6.07, 6.45) is 0.318. The van der Waals surface area contributed by atoms with E-state index in [0.717, 1.165) is 25.2 Å². The van der Waals surface area contributed by atoms with Gasteiger partial charge >= 0.3 is 0 Å². The molecule has 3 rings (SSSR count). The smallest absolute Gasteiger partial charge is 0.239 e. The SMILES string of the molecule is O=C(NCCN1CCOCC1)[C@H]1CCN(c2ccc(F)cc2F)C1=O. The molecule has 0 radical (unpaired) electrons. The van der Waals surface area contributed by atoms with Gasteiger partial charge in [-0.05, 0) is 18.6 Å². The summed E-state index contributed by atoms with van der Waals surface area (Å²) in [5.41, 5.74) is 0.00927. The maximum Gasteiger partial charge on any atom is 0.239 e. The van der Waals surface area contributed by atoms with Gasteiger partial charge in [-0.2, -0.15) is 0 Å². The number of carbonyl (C=O) groups is 2. The number of nitrogens with zero attached hydrogens (tertiary/aromatic N) is 2. The van der Waals surface area contributed by atoms with E-state index in [-0.39, 0.29) is 18.1 Å². The van der Waals surface area contributed by atoms with Crippen LogP contribution in [0.2, 0.25) is 0 Å². The van der Waals surface area contributed by atoms with Crippen molar-refractivity contribution in [3.8, 4) is 0 Å². The molecule has 1 aromatic carbocycles. The first-order valence-corrected chi connectivity index (χ1v) is 8.40. The number of halogens is 2. The summed E-state index contributed by atoms with van der Waals surface area (Å²) in [4.78, 5) is 28.1. The molecule has 0 unspecified atom stereocenters. The van der Waals surface area contributed by atoms with Crippen molar-refractivity contribution >= 4 is 17.5 Å². The van der Waals surface area contributed by atoms with Crippen molar-refractivity contribution in [2.24, 2.45) is 5.92 Å². The molecule has 0 spiro atoms. The molecule has 0 saturated carbocycles. The van der Waals surface area contributed by atoms with E-state index in [9.17, 15) is 18.4 Å². The standard InChI is InChI=1S/C17H21F2N3O3/c18-12-1-2-15(14(19)11-12)22-5-3-13(17(22)24)16(23)20-4-6-21-7-9-25-10-8-21/h1-2,11,13H,3-10H2,(H,20,23)/t13-/m1/s1. The Morgan fingerprint density at radius 3 is 2.72 bits per heavy atom. The molecule has 2 saturated heterocycles. The highest BCUT2D eigenvalue weighted by molar-refractivity contribution is 6.09. The molecule has 2 aliphatic rings. The monoisotopic (exact) mass is 353 g/mol. The number of morpholine rings is 1. The number of nitrogens with one attached hydrogen (secondary N) is 1. The Hall–Kier alpha value is -2.06. The molecule has 2 heterocycles. The molecule has 2 amide bonds. The lowest BCUT2D eigenvalue weighted by Crippen LogP contribution is -2.43. The second-order valence-electron chi connectivity index (χ2n) is 6.17. The van der Waals surface area contributed by atoms with Crippen LogP contribution < -0.4 is 10.2 Å². The summed E-state index contributed by atoms with van der Waals surface area (Å²) in [7, 11) is 0. The van der Waals surface area contributed by atoms with E-state index in [1.165, 1.54) is 11.0 Å². The fourth-order valence-electron chi connectivity index (χ4n) is 3.15. The number of carbonyl (C=O) groups excluding carboxylic acids is 2. The molecular formula is C17H21F2N3O3. The van der Waals surface area contributed by atoms with Crippen molar-refractivity contribution in [3.63, 3.8) is 0 Å². The van der Waals surface area contributed by atoms with Gasteiger partial charge in [-0.3, -0.25) is 14.5 Å². The first-order valence-electron chi connectivity index (χ1n) is 8.40. The second-order valence-corrected chi connectivity index (χ2v) is 6.17. The lowest BCUT2D eigenvalue weighted by molar-refractivity contribution is -0.132. The minimum absolute atomic E-state index is 0.00927. The minimum Gasteiger partial charge on any atom is -0.379 e. The minimum atomic E-state index is -0.825. The first-order chi connectivity index (χ1) is 12.1. The fraction of sp³-hybridized carbons (Fsp3) is 0.529. The summed E-state index contributed by atoms with van der Waals surface area (Å²) in [6.45, 7) is 4.43. The van der Waals surface area contributed by atoms with Crippen LogP contribution in [0.1, 0.15) is 6.42 Å². The van der Waals surface area contributed by atoms with Crippen molar-refractivity contribution in [3.05, 3.63) is 29.8 Å². The molecule has 0 bridgehead atoms.